The van der Waals surface area contributed by atoms with Crippen LogP contribution in [0.2, 0.25) is 0 Å². The predicted octanol–water partition coefficient (Wildman–Crippen LogP) is 2.99. The summed E-state index contributed by atoms with van der Waals surface area (Å²) in [5.41, 5.74) is 2.73. The van der Waals surface area contributed by atoms with Gasteiger partial charge in [-0.25, -0.2) is 4.79 Å². The molecule has 0 fully saturated rings. The number of carbonyl (C=O) groups is 2. The molecule has 2 aromatic rings. The number of hydrogen-bond donors (Lipinski definition) is 1. The van der Waals surface area contributed by atoms with E-state index in [-0.39, 0.29) is 5.91 Å². The van der Waals surface area contributed by atoms with Gasteiger partial charge in [-0.05, 0) is 42.7 Å². The number of nitrogens with one attached hydrogen (secondary N) is 1. The standard InChI is InChI=1S/C21H22N2O3/c1-23(20(24)15-12-17-7-4-3-5-8-17)19-13-10-18(11-14-19)9-6-16-22-21(25)26-2/h3-5,7-8,10-11,13-14H,6,9,16H2,1-2H3,(H,22,25). The summed E-state index contributed by atoms with van der Waals surface area (Å²) in [6, 6.07) is 17.1. The highest BCUT2D eigenvalue weighted by molar-refractivity contribution is 6.05. The molecule has 2 rings (SSSR count). The summed E-state index contributed by atoms with van der Waals surface area (Å²) in [6.07, 6.45) is 1.22. The van der Waals surface area contributed by atoms with Crippen molar-refractivity contribution >= 4 is 17.7 Å². The van der Waals surface area contributed by atoms with Gasteiger partial charge in [0.05, 0.1) is 7.11 Å². The molecule has 1 N–H and O–H groups in total. The van der Waals surface area contributed by atoms with Crippen LogP contribution < -0.4 is 10.2 Å². The Morgan fingerprint density at radius 3 is 2.42 bits per heavy atom. The Balaban J connectivity index is 1.88. The van der Waals surface area contributed by atoms with E-state index < -0.39 is 6.09 Å². The number of benzene rings is 2. The van der Waals surface area contributed by atoms with Crippen molar-refractivity contribution in [3.05, 3.63) is 65.7 Å². The summed E-state index contributed by atoms with van der Waals surface area (Å²) in [4.78, 5) is 24.7. The maximum Gasteiger partial charge on any atom is 0.406 e. The minimum absolute atomic E-state index is 0.260. The first-order chi connectivity index (χ1) is 12.6. The van der Waals surface area contributed by atoms with E-state index in [4.69, 9.17) is 0 Å². The molecular weight excluding hydrogens is 328 g/mol. The van der Waals surface area contributed by atoms with Gasteiger partial charge < -0.3 is 15.0 Å². The van der Waals surface area contributed by atoms with E-state index in [1.807, 2.05) is 54.6 Å². The number of anilines is 1. The Morgan fingerprint density at radius 1 is 1.08 bits per heavy atom. The number of hydrogen-bond acceptors (Lipinski definition) is 3. The summed E-state index contributed by atoms with van der Waals surface area (Å²) < 4.78 is 4.52. The molecule has 2 aromatic carbocycles. The van der Waals surface area contributed by atoms with Gasteiger partial charge in [-0.3, -0.25) is 4.79 Å². The quantitative estimate of drug-likeness (QED) is 0.666. The molecule has 0 saturated carbocycles. The minimum atomic E-state index is -0.419. The number of ether oxygens (including phenoxy) is 1. The van der Waals surface area contributed by atoms with Gasteiger partial charge in [0.25, 0.3) is 0 Å². The van der Waals surface area contributed by atoms with Crippen molar-refractivity contribution in [2.75, 3.05) is 25.6 Å². The van der Waals surface area contributed by atoms with Gasteiger partial charge >= 0.3 is 12.0 Å². The number of alkyl carbamates (subject to hydrolysis) is 1. The molecule has 0 bridgehead atoms. The Morgan fingerprint density at radius 2 is 1.77 bits per heavy atom. The molecule has 0 aliphatic carbocycles. The minimum Gasteiger partial charge on any atom is -0.453 e. The van der Waals surface area contributed by atoms with Gasteiger partial charge in [0.1, 0.15) is 0 Å². The Hall–Kier alpha value is -3.26. The van der Waals surface area contributed by atoms with Gasteiger partial charge in [0.2, 0.25) is 0 Å². The van der Waals surface area contributed by atoms with Crippen LogP contribution in [0.4, 0.5) is 10.5 Å². The average Bonchev–Trinajstić information content (AvgIpc) is 2.69. The summed E-state index contributed by atoms with van der Waals surface area (Å²) in [5.74, 6) is 5.26. The molecule has 5 heteroatoms. The summed E-state index contributed by atoms with van der Waals surface area (Å²) in [6.45, 7) is 0.557. The van der Waals surface area contributed by atoms with Crippen molar-refractivity contribution in [3.8, 4) is 11.8 Å². The van der Waals surface area contributed by atoms with Crippen LogP contribution in [0, 0.1) is 11.8 Å². The Labute approximate surface area is 154 Å². The lowest BCUT2D eigenvalue weighted by Gasteiger charge is -2.14. The first-order valence-corrected chi connectivity index (χ1v) is 8.35. The van der Waals surface area contributed by atoms with Crippen LogP contribution >= 0.6 is 0 Å². The molecule has 0 saturated heterocycles. The molecule has 0 aliphatic rings. The highest BCUT2D eigenvalue weighted by Crippen LogP contribution is 2.15. The lowest BCUT2D eigenvalue weighted by atomic mass is 10.1. The molecule has 0 unspecified atom stereocenters. The molecule has 0 radical (unpaired) electrons. The zero-order chi connectivity index (χ0) is 18.8. The van der Waals surface area contributed by atoms with Crippen LogP contribution in [0.3, 0.4) is 0 Å². The van der Waals surface area contributed by atoms with Crippen LogP contribution in [0.15, 0.2) is 54.6 Å². The molecular formula is C21H22N2O3. The molecule has 0 heterocycles. The third-order valence-corrected chi connectivity index (χ3v) is 3.81. The highest BCUT2D eigenvalue weighted by Gasteiger charge is 2.08. The van der Waals surface area contributed by atoms with Gasteiger partial charge in [0.15, 0.2) is 0 Å². The van der Waals surface area contributed by atoms with Crippen molar-refractivity contribution in [1.82, 2.24) is 5.32 Å². The molecule has 0 aliphatic heterocycles. The Bertz CT molecular complexity index is 790. The second-order valence-corrected chi connectivity index (χ2v) is 5.67. The van der Waals surface area contributed by atoms with Crippen molar-refractivity contribution in [1.29, 1.82) is 0 Å². The van der Waals surface area contributed by atoms with Gasteiger partial charge in [-0.1, -0.05) is 36.3 Å². The third kappa shape index (κ3) is 5.99. The summed E-state index contributed by atoms with van der Waals surface area (Å²) in [5, 5.41) is 2.65. The molecule has 26 heavy (non-hydrogen) atoms. The van der Waals surface area contributed by atoms with E-state index in [1.54, 1.807) is 7.05 Å². The van der Waals surface area contributed by atoms with Crippen molar-refractivity contribution in [3.63, 3.8) is 0 Å². The van der Waals surface area contributed by atoms with E-state index in [1.165, 1.54) is 12.0 Å². The predicted molar refractivity (Wildman–Crippen MR) is 102 cm³/mol. The largest absolute Gasteiger partial charge is 0.453 e. The van der Waals surface area contributed by atoms with E-state index >= 15 is 0 Å². The maximum absolute atomic E-state index is 12.2. The fourth-order valence-corrected chi connectivity index (χ4v) is 2.29. The van der Waals surface area contributed by atoms with Crippen LogP contribution in [-0.4, -0.2) is 32.7 Å². The summed E-state index contributed by atoms with van der Waals surface area (Å²) >= 11 is 0. The first kappa shape index (κ1) is 19.1. The number of amides is 2. The number of carbonyl (C=O) groups excluding carboxylic acids is 2. The Kier molecular flexibility index (Phi) is 7.26. The zero-order valence-corrected chi connectivity index (χ0v) is 15.0. The fraction of sp³-hybridized carbons (Fsp3) is 0.238. The van der Waals surface area contributed by atoms with Crippen LogP contribution in [0.25, 0.3) is 0 Å². The normalized spacial score (nSPS) is 9.62. The third-order valence-electron chi connectivity index (χ3n) is 3.81. The smallest absolute Gasteiger partial charge is 0.406 e. The van der Waals surface area contributed by atoms with Crippen molar-refractivity contribution in [2.24, 2.45) is 0 Å². The van der Waals surface area contributed by atoms with Gasteiger partial charge in [-0.2, -0.15) is 0 Å². The van der Waals surface area contributed by atoms with Crippen LogP contribution in [0.5, 0.6) is 0 Å². The molecule has 0 spiro atoms. The van der Waals surface area contributed by atoms with Crippen LogP contribution in [0.1, 0.15) is 17.5 Å². The van der Waals surface area contributed by atoms with E-state index in [2.05, 4.69) is 21.9 Å². The summed E-state index contributed by atoms with van der Waals surface area (Å²) in [7, 11) is 3.05. The second kappa shape index (κ2) is 9.90. The monoisotopic (exact) mass is 350 g/mol. The van der Waals surface area contributed by atoms with E-state index in [9.17, 15) is 9.59 Å². The van der Waals surface area contributed by atoms with Crippen molar-refractivity contribution in [2.45, 2.75) is 12.8 Å². The second-order valence-electron chi connectivity index (χ2n) is 5.67. The molecule has 2 amide bonds. The molecule has 5 nitrogen and oxygen atoms in total. The lowest BCUT2D eigenvalue weighted by molar-refractivity contribution is -0.113. The van der Waals surface area contributed by atoms with Gasteiger partial charge in [0, 0.05) is 30.8 Å². The number of rotatable bonds is 5. The zero-order valence-electron chi connectivity index (χ0n) is 15.0. The maximum atomic E-state index is 12.2. The number of aryl methyl sites for hydroxylation is 1. The average molecular weight is 350 g/mol. The van der Waals surface area contributed by atoms with Crippen LogP contribution in [-0.2, 0) is 16.0 Å². The molecule has 0 atom stereocenters. The lowest BCUT2D eigenvalue weighted by Crippen LogP contribution is -2.24. The van der Waals surface area contributed by atoms with E-state index in [0.29, 0.717) is 6.54 Å². The van der Waals surface area contributed by atoms with Crippen molar-refractivity contribution < 1.29 is 14.3 Å². The number of methoxy groups -OCH3 is 1. The van der Waals surface area contributed by atoms with Gasteiger partial charge in [-0.15, -0.1) is 0 Å². The number of nitrogens with zero attached hydrogens (tertiary/aromatic N) is 1. The SMILES string of the molecule is COC(=O)NCCCc1ccc(N(C)C(=O)C#Cc2ccccc2)cc1. The fourth-order valence-electron chi connectivity index (χ4n) is 2.29. The molecule has 0 aromatic heterocycles. The first-order valence-electron chi connectivity index (χ1n) is 8.35. The topological polar surface area (TPSA) is 58.6 Å². The molecule has 134 valence electrons. The van der Waals surface area contributed by atoms with E-state index in [0.717, 1.165) is 29.7 Å². The highest BCUT2D eigenvalue weighted by atomic mass is 16.5.